The molecule has 0 unspecified atom stereocenters. The Morgan fingerprint density at radius 2 is 1.29 bits per heavy atom. The second kappa shape index (κ2) is 13.9. The van der Waals surface area contributed by atoms with E-state index in [0.29, 0.717) is 6.42 Å². The molecule has 0 aromatic heterocycles. The quantitative estimate of drug-likeness (QED) is 0.334. The molecule has 0 aliphatic heterocycles. The minimum absolute atomic E-state index is 0. The van der Waals surface area contributed by atoms with Gasteiger partial charge in [0.15, 0.2) is 0 Å². The van der Waals surface area contributed by atoms with E-state index in [1.165, 1.54) is 38.5 Å². The molecule has 0 aromatic rings. The SMILES string of the molecule is CCCCCCCCCCCOS(=O)(=O)F.[KH]. The molecule has 100 valence electrons. The zero-order chi connectivity index (χ0) is 12.3. The Hall–Kier alpha value is 1.48. The molecule has 0 bridgehead atoms. The zero-order valence-electron chi connectivity index (χ0n) is 10.1. The van der Waals surface area contributed by atoms with E-state index in [1.807, 2.05) is 0 Å². The van der Waals surface area contributed by atoms with Crippen molar-refractivity contribution in [3.63, 3.8) is 0 Å². The summed E-state index contributed by atoms with van der Waals surface area (Å²) in [6, 6.07) is 0. The molecular formula is C11H24FKO3S. The van der Waals surface area contributed by atoms with E-state index >= 15 is 0 Å². The maximum atomic E-state index is 11.9. The third-order valence-electron chi connectivity index (χ3n) is 2.47. The Labute approximate surface area is 148 Å². The topological polar surface area (TPSA) is 43.4 Å². The normalized spacial score (nSPS) is 11.2. The van der Waals surface area contributed by atoms with Crippen LogP contribution in [0.3, 0.4) is 0 Å². The Kier molecular flexibility index (Phi) is 17.0. The third kappa shape index (κ3) is 20.0. The van der Waals surface area contributed by atoms with Crippen LogP contribution in [-0.4, -0.2) is 66.4 Å². The summed E-state index contributed by atoms with van der Waals surface area (Å²) in [5, 5.41) is 0. The van der Waals surface area contributed by atoms with Gasteiger partial charge in [-0.1, -0.05) is 62.2 Å². The molecule has 0 heterocycles. The Bertz CT molecular complexity index is 245. The van der Waals surface area contributed by atoms with E-state index in [0.717, 1.165) is 12.8 Å². The summed E-state index contributed by atoms with van der Waals surface area (Å²) in [5.41, 5.74) is 0. The summed E-state index contributed by atoms with van der Waals surface area (Å²) >= 11 is 0. The van der Waals surface area contributed by atoms with Gasteiger partial charge in [0.2, 0.25) is 0 Å². The summed E-state index contributed by atoms with van der Waals surface area (Å²) in [4.78, 5) is 0. The Balaban J connectivity index is 0. The monoisotopic (exact) mass is 294 g/mol. The van der Waals surface area contributed by atoms with E-state index in [1.54, 1.807) is 0 Å². The van der Waals surface area contributed by atoms with Gasteiger partial charge < -0.3 is 0 Å². The molecule has 0 saturated carbocycles. The molecule has 0 amide bonds. The number of unbranched alkanes of at least 4 members (excludes halogenated alkanes) is 8. The average molecular weight is 294 g/mol. The second-order valence-corrected chi connectivity index (χ2v) is 5.07. The van der Waals surface area contributed by atoms with Crippen LogP contribution < -0.4 is 0 Å². The summed E-state index contributed by atoms with van der Waals surface area (Å²) in [5.74, 6) is 0. The van der Waals surface area contributed by atoms with Crippen molar-refractivity contribution in [1.82, 2.24) is 0 Å². The van der Waals surface area contributed by atoms with Gasteiger partial charge in [-0.05, 0) is 6.42 Å². The first-order valence-corrected chi connectivity index (χ1v) is 7.46. The zero-order valence-corrected chi connectivity index (χ0v) is 10.9. The molecule has 6 heteroatoms. The standard InChI is InChI=1S/C11H23FO3S.K.H/c1-2-3-4-5-6-7-8-9-10-11-15-16(12,13)14;;/h2-11H2,1H3;;. The van der Waals surface area contributed by atoms with Crippen molar-refractivity contribution in [1.29, 1.82) is 0 Å². The van der Waals surface area contributed by atoms with Crippen LogP contribution in [0.15, 0.2) is 0 Å². The number of rotatable bonds is 11. The van der Waals surface area contributed by atoms with Gasteiger partial charge in [-0.2, -0.15) is 8.42 Å². The van der Waals surface area contributed by atoms with Crippen molar-refractivity contribution < 1.29 is 16.5 Å². The summed E-state index contributed by atoms with van der Waals surface area (Å²) < 4.78 is 35.8. The predicted octanol–water partition coefficient (Wildman–Crippen LogP) is 3.10. The molecule has 0 fully saturated rings. The van der Waals surface area contributed by atoms with Gasteiger partial charge >= 0.3 is 61.9 Å². The van der Waals surface area contributed by atoms with Crippen molar-refractivity contribution in [2.75, 3.05) is 6.61 Å². The molecule has 3 nitrogen and oxygen atoms in total. The van der Waals surface area contributed by atoms with Gasteiger partial charge in [0.05, 0.1) is 6.61 Å². The molecular weight excluding hydrogens is 270 g/mol. The molecule has 0 saturated heterocycles. The van der Waals surface area contributed by atoms with E-state index in [-0.39, 0.29) is 58.0 Å². The van der Waals surface area contributed by atoms with Gasteiger partial charge in [-0.3, -0.25) is 0 Å². The molecule has 0 aromatic carbocycles. The Morgan fingerprint density at radius 1 is 0.882 bits per heavy atom. The van der Waals surface area contributed by atoms with Crippen LogP contribution in [0, 0.1) is 0 Å². The summed E-state index contributed by atoms with van der Waals surface area (Å²) in [7, 11) is -4.73. The molecule has 0 spiro atoms. The minimum atomic E-state index is -4.73. The first kappa shape index (κ1) is 20.8. The fraction of sp³-hybridized carbons (Fsp3) is 1.00. The van der Waals surface area contributed by atoms with Crippen molar-refractivity contribution in [2.45, 2.75) is 64.7 Å². The van der Waals surface area contributed by atoms with Gasteiger partial charge in [0, 0.05) is 0 Å². The van der Waals surface area contributed by atoms with E-state index < -0.39 is 10.5 Å². The number of halogens is 1. The van der Waals surface area contributed by atoms with Crippen LogP contribution >= 0.6 is 0 Å². The van der Waals surface area contributed by atoms with Gasteiger partial charge in [-0.25, -0.2) is 4.18 Å². The first-order valence-electron chi connectivity index (χ1n) is 6.15. The van der Waals surface area contributed by atoms with Crippen LogP contribution in [0.4, 0.5) is 3.89 Å². The molecule has 0 aliphatic rings. The molecule has 0 rings (SSSR count). The van der Waals surface area contributed by atoms with E-state index in [9.17, 15) is 12.3 Å². The number of hydrogen-bond acceptors (Lipinski definition) is 3. The molecule has 0 atom stereocenters. The molecule has 0 radical (unpaired) electrons. The Morgan fingerprint density at radius 3 is 1.71 bits per heavy atom. The van der Waals surface area contributed by atoms with Gasteiger partial charge in [-0.15, -0.1) is 0 Å². The van der Waals surface area contributed by atoms with Gasteiger partial charge in [0.1, 0.15) is 0 Å². The van der Waals surface area contributed by atoms with Gasteiger partial charge in [0.25, 0.3) is 0 Å². The van der Waals surface area contributed by atoms with Crippen molar-refractivity contribution in [3.05, 3.63) is 0 Å². The van der Waals surface area contributed by atoms with E-state index in [4.69, 9.17) is 0 Å². The molecule has 0 N–H and O–H groups in total. The average Bonchev–Trinajstić information content (AvgIpc) is 2.19. The van der Waals surface area contributed by atoms with Crippen LogP contribution in [0.1, 0.15) is 64.7 Å². The van der Waals surface area contributed by atoms with Crippen molar-refractivity contribution >= 4 is 61.9 Å². The fourth-order valence-electron chi connectivity index (χ4n) is 1.57. The van der Waals surface area contributed by atoms with Crippen LogP contribution in [0.25, 0.3) is 0 Å². The second-order valence-electron chi connectivity index (χ2n) is 4.04. The fourth-order valence-corrected chi connectivity index (χ4v) is 1.89. The van der Waals surface area contributed by atoms with Crippen molar-refractivity contribution in [2.24, 2.45) is 0 Å². The van der Waals surface area contributed by atoms with Crippen LogP contribution in [0.2, 0.25) is 0 Å². The molecule has 0 aliphatic carbocycles. The van der Waals surface area contributed by atoms with Crippen molar-refractivity contribution in [3.8, 4) is 0 Å². The predicted molar refractivity (Wildman–Crippen MR) is 70.4 cm³/mol. The summed E-state index contributed by atoms with van der Waals surface area (Å²) in [6.45, 7) is 2.16. The maximum absolute atomic E-state index is 11.9. The number of hydrogen-bond donors (Lipinski definition) is 0. The first-order chi connectivity index (χ1) is 7.56. The molecule has 17 heavy (non-hydrogen) atoms. The summed E-state index contributed by atoms with van der Waals surface area (Å²) in [6.07, 6.45) is 10.2. The third-order valence-corrected chi connectivity index (χ3v) is 2.92. The van der Waals surface area contributed by atoms with Crippen LogP contribution in [0.5, 0.6) is 0 Å². The van der Waals surface area contributed by atoms with E-state index in [2.05, 4.69) is 11.1 Å². The van der Waals surface area contributed by atoms with Crippen LogP contribution in [-0.2, 0) is 14.7 Å².